The fourth-order valence-electron chi connectivity index (χ4n) is 1.30. The van der Waals surface area contributed by atoms with Crippen LogP contribution in [0, 0.1) is 0 Å². The number of rotatable bonds is 6. The standard InChI is InChI=1S/C11H12O2.C7H10O3/c1-9(2)11(12)13-8-10-6-4-3-5-7-10;1-5(2)7(8)10-4-6-3-9-6/h3-7H,1,8H2,2H3;6H,1,3-4H2,2H3. The van der Waals surface area contributed by atoms with Gasteiger partial charge in [0.1, 0.15) is 19.3 Å². The van der Waals surface area contributed by atoms with Crippen molar-refractivity contribution >= 4 is 11.9 Å². The lowest BCUT2D eigenvalue weighted by Crippen LogP contribution is -2.09. The van der Waals surface area contributed by atoms with Gasteiger partial charge >= 0.3 is 11.9 Å². The van der Waals surface area contributed by atoms with Gasteiger partial charge in [-0.15, -0.1) is 0 Å². The molecule has 2 rings (SSSR count). The maximum Gasteiger partial charge on any atom is 0.333 e. The molecule has 0 amide bonds. The van der Waals surface area contributed by atoms with E-state index in [1.54, 1.807) is 13.8 Å². The molecule has 1 unspecified atom stereocenters. The Kier molecular flexibility index (Phi) is 7.77. The first-order valence-corrected chi connectivity index (χ1v) is 7.21. The predicted molar refractivity (Wildman–Crippen MR) is 86.6 cm³/mol. The van der Waals surface area contributed by atoms with Crippen LogP contribution in [0.1, 0.15) is 19.4 Å². The van der Waals surface area contributed by atoms with Gasteiger partial charge in [0, 0.05) is 11.1 Å². The van der Waals surface area contributed by atoms with Crippen LogP contribution in [0.15, 0.2) is 54.6 Å². The summed E-state index contributed by atoms with van der Waals surface area (Å²) in [6.45, 7) is 11.6. The molecule has 1 aliphatic heterocycles. The van der Waals surface area contributed by atoms with Gasteiger partial charge in [0.2, 0.25) is 0 Å². The summed E-state index contributed by atoms with van der Waals surface area (Å²) in [5, 5.41) is 0. The quantitative estimate of drug-likeness (QED) is 0.458. The highest BCUT2D eigenvalue weighted by atomic mass is 16.6. The first-order chi connectivity index (χ1) is 10.9. The van der Waals surface area contributed by atoms with E-state index in [0.29, 0.717) is 31.0 Å². The molecule has 0 spiro atoms. The normalized spacial score (nSPS) is 14.8. The smallest absolute Gasteiger partial charge is 0.333 e. The van der Waals surface area contributed by atoms with Crippen molar-refractivity contribution < 1.29 is 23.8 Å². The van der Waals surface area contributed by atoms with Crippen molar-refractivity contribution in [3.05, 3.63) is 60.2 Å². The zero-order valence-corrected chi connectivity index (χ0v) is 13.5. The number of hydrogen-bond acceptors (Lipinski definition) is 5. The summed E-state index contributed by atoms with van der Waals surface area (Å²) in [6, 6.07) is 9.55. The molecular formula is C18H22O5. The Hall–Kier alpha value is -2.40. The van der Waals surface area contributed by atoms with Crippen LogP contribution in [0.4, 0.5) is 0 Å². The Morgan fingerprint density at radius 1 is 1.09 bits per heavy atom. The van der Waals surface area contributed by atoms with Gasteiger partial charge < -0.3 is 14.2 Å². The number of carbonyl (C=O) groups excluding carboxylic acids is 2. The van der Waals surface area contributed by atoms with Crippen LogP contribution in [0.2, 0.25) is 0 Å². The molecule has 1 aromatic carbocycles. The molecule has 5 nitrogen and oxygen atoms in total. The summed E-state index contributed by atoms with van der Waals surface area (Å²) in [5.74, 6) is -0.681. The number of ether oxygens (including phenoxy) is 3. The summed E-state index contributed by atoms with van der Waals surface area (Å²) in [7, 11) is 0. The Bertz CT molecular complexity index is 558. The zero-order valence-electron chi connectivity index (χ0n) is 13.5. The molecule has 124 valence electrons. The van der Waals surface area contributed by atoms with Crippen molar-refractivity contribution in [2.75, 3.05) is 13.2 Å². The molecule has 1 aromatic rings. The van der Waals surface area contributed by atoms with Crippen LogP contribution >= 0.6 is 0 Å². The van der Waals surface area contributed by atoms with Crippen LogP contribution in [0.5, 0.6) is 0 Å². The number of esters is 2. The molecule has 0 radical (unpaired) electrons. The summed E-state index contributed by atoms with van der Waals surface area (Å²) < 4.78 is 14.5. The lowest BCUT2D eigenvalue weighted by molar-refractivity contribution is -0.140. The average Bonchev–Trinajstić information content (AvgIpc) is 3.36. The third-order valence-corrected chi connectivity index (χ3v) is 2.71. The molecule has 0 saturated carbocycles. The largest absolute Gasteiger partial charge is 0.459 e. The topological polar surface area (TPSA) is 65.1 Å². The first-order valence-electron chi connectivity index (χ1n) is 7.21. The van der Waals surface area contributed by atoms with Crippen molar-refractivity contribution in [1.29, 1.82) is 0 Å². The van der Waals surface area contributed by atoms with Crippen molar-refractivity contribution in [1.82, 2.24) is 0 Å². The fourth-order valence-corrected chi connectivity index (χ4v) is 1.30. The van der Waals surface area contributed by atoms with Gasteiger partial charge in [-0.3, -0.25) is 0 Å². The van der Waals surface area contributed by atoms with Gasteiger partial charge in [-0.25, -0.2) is 9.59 Å². The maximum atomic E-state index is 11.0. The lowest BCUT2D eigenvalue weighted by Gasteiger charge is -2.03. The Morgan fingerprint density at radius 2 is 1.61 bits per heavy atom. The van der Waals surface area contributed by atoms with Crippen molar-refractivity contribution in [3.8, 4) is 0 Å². The number of epoxide rings is 1. The monoisotopic (exact) mass is 318 g/mol. The van der Waals surface area contributed by atoms with Crippen molar-refractivity contribution in [2.45, 2.75) is 26.6 Å². The molecule has 1 heterocycles. The maximum absolute atomic E-state index is 11.0. The summed E-state index contributed by atoms with van der Waals surface area (Å²) in [5.41, 5.74) is 1.84. The summed E-state index contributed by atoms with van der Waals surface area (Å²) in [6.07, 6.45) is 0.142. The summed E-state index contributed by atoms with van der Waals surface area (Å²) in [4.78, 5) is 21.7. The minimum atomic E-state index is -0.344. The second kappa shape index (κ2) is 9.58. The first kappa shape index (κ1) is 18.6. The van der Waals surface area contributed by atoms with Crippen molar-refractivity contribution in [2.24, 2.45) is 0 Å². The second-order valence-corrected chi connectivity index (χ2v) is 5.18. The van der Waals surface area contributed by atoms with Gasteiger partial charge in [0.15, 0.2) is 0 Å². The molecule has 0 aliphatic carbocycles. The van der Waals surface area contributed by atoms with E-state index in [1.165, 1.54) is 0 Å². The highest BCUT2D eigenvalue weighted by Gasteiger charge is 2.24. The van der Waals surface area contributed by atoms with E-state index >= 15 is 0 Å². The van der Waals surface area contributed by atoms with Crippen molar-refractivity contribution in [3.63, 3.8) is 0 Å². The Balaban J connectivity index is 0.000000238. The van der Waals surface area contributed by atoms with E-state index < -0.39 is 0 Å². The van der Waals surface area contributed by atoms with Gasteiger partial charge in [-0.2, -0.15) is 0 Å². The molecule has 0 bridgehead atoms. The minimum Gasteiger partial charge on any atom is -0.459 e. The van der Waals surface area contributed by atoms with E-state index in [9.17, 15) is 9.59 Å². The van der Waals surface area contributed by atoms with Gasteiger partial charge in [-0.05, 0) is 19.4 Å². The highest BCUT2D eigenvalue weighted by molar-refractivity contribution is 5.87. The van der Waals surface area contributed by atoms with Gasteiger partial charge in [0.25, 0.3) is 0 Å². The van der Waals surface area contributed by atoms with E-state index in [4.69, 9.17) is 14.2 Å². The second-order valence-electron chi connectivity index (χ2n) is 5.18. The van der Waals surface area contributed by atoms with Crippen LogP contribution in [0.25, 0.3) is 0 Å². The molecular weight excluding hydrogens is 296 g/mol. The fraction of sp³-hybridized carbons (Fsp3) is 0.333. The molecule has 1 fully saturated rings. The molecule has 5 heteroatoms. The number of hydrogen-bond donors (Lipinski definition) is 0. The highest BCUT2D eigenvalue weighted by Crippen LogP contribution is 2.09. The molecule has 0 aromatic heterocycles. The third kappa shape index (κ3) is 8.58. The SMILES string of the molecule is C=C(C)C(=O)OCC1CO1.C=C(C)C(=O)OCc1ccccc1. The van der Waals surface area contributed by atoms with Crippen LogP contribution in [-0.2, 0) is 30.4 Å². The predicted octanol–water partition coefficient (Wildman–Crippen LogP) is 2.81. The third-order valence-electron chi connectivity index (χ3n) is 2.71. The van der Waals surface area contributed by atoms with E-state index in [1.807, 2.05) is 30.3 Å². The van der Waals surface area contributed by atoms with Crippen LogP contribution in [0.3, 0.4) is 0 Å². The molecule has 23 heavy (non-hydrogen) atoms. The Morgan fingerprint density at radius 3 is 2.09 bits per heavy atom. The number of carbonyl (C=O) groups is 2. The van der Waals surface area contributed by atoms with E-state index in [0.717, 1.165) is 5.56 Å². The number of benzene rings is 1. The van der Waals surface area contributed by atoms with Gasteiger partial charge in [-0.1, -0.05) is 43.5 Å². The summed E-state index contributed by atoms with van der Waals surface area (Å²) >= 11 is 0. The molecule has 0 N–H and O–H groups in total. The molecule has 1 saturated heterocycles. The lowest BCUT2D eigenvalue weighted by atomic mass is 10.2. The van der Waals surface area contributed by atoms with E-state index in [-0.39, 0.29) is 18.0 Å². The van der Waals surface area contributed by atoms with Crippen LogP contribution < -0.4 is 0 Å². The van der Waals surface area contributed by atoms with E-state index in [2.05, 4.69) is 13.2 Å². The van der Waals surface area contributed by atoms with Gasteiger partial charge in [0.05, 0.1) is 6.61 Å². The Labute approximate surface area is 136 Å². The molecule has 1 atom stereocenters. The van der Waals surface area contributed by atoms with Crippen LogP contribution in [-0.4, -0.2) is 31.3 Å². The average molecular weight is 318 g/mol. The molecule has 1 aliphatic rings. The zero-order chi connectivity index (χ0) is 17.2. The minimum absolute atomic E-state index is 0.142.